The van der Waals surface area contributed by atoms with Crippen LogP contribution >= 0.6 is 0 Å². The molecule has 0 aromatic heterocycles. The summed E-state index contributed by atoms with van der Waals surface area (Å²) in [7, 11) is 0. The Balaban J connectivity index is 2.38. The third-order valence-electron chi connectivity index (χ3n) is 3.22. The van der Waals surface area contributed by atoms with Gasteiger partial charge in [0.25, 0.3) is 0 Å². The van der Waals surface area contributed by atoms with Gasteiger partial charge in [-0.1, -0.05) is 43.7 Å². The first-order valence-corrected chi connectivity index (χ1v) is 6.08. The number of benzene rings is 1. The van der Waals surface area contributed by atoms with Gasteiger partial charge in [-0.15, -0.1) is 0 Å². The van der Waals surface area contributed by atoms with Crippen LogP contribution in [-0.4, -0.2) is 17.3 Å². The molecule has 0 spiro atoms. The molecule has 1 aromatic rings. The lowest BCUT2D eigenvalue weighted by Crippen LogP contribution is -2.39. The van der Waals surface area contributed by atoms with E-state index in [1.165, 1.54) is 11.1 Å². The van der Waals surface area contributed by atoms with Crippen LogP contribution in [-0.2, 0) is 6.54 Å². The molecule has 0 heterocycles. The van der Waals surface area contributed by atoms with Crippen molar-refractivity contribution >= 4 is 0 Å². The van der Waals surface area contributed by atoms with E-state index in [0.29, 0.717) is 6.54 Å². The van der Waals surface area contributed by atoms with Crippen molar-refractivity contribution in [3.8, 4) is 0 Å². The molecule has 0 aliphatic heterocycles. The Labute approximate surface area is 98.7 Å². The lowest BCUT2D eigenvalue weighted by atomic mass is 9.97. The number of aryl methyl sites for hydroxylation is 1. The maximum absolute atomic E-state index is 10.1. The van der Waals surface area contributed by atoms with Gasteiger partial charge in [-0.25, -0.2) is 0 Å². The van der Waals surface area contributed by atoms with Crippen molar-refractivity contribution in [1.82, 2.24) is 5.32 Å². The van der Waals surface area contributed by atoms with Gasteiger partial charge < -0.3 is 10.4 Å². The van der Waals surface area contributed by atoms with Gasteiger partial charge >= 0.3 is 0 Å². The predicted octanol–water partition coefficient (Wildman–Crippen LogP) is 2.64. The molecule has 0 unspecified atom stereocenters. The summed E-state index contributed by atoms with van der Waals surface area (Å²) >= 11 is 0. The second-order valence-electron chi connectivity index (χ2n) is 4.52. The first-order valence-electron chi connectivity index (χ1n) is 6.08. The molecule has 2 N–H and O–H groups in total. The van der Waals surface area contributed by atoms with E-state index in [-0.39, 0.29) is 0 Å². The van der Waals surface area contributed by atoms with E-state index in [0.717, 1.165) is 19.4 Å². The quantitative estimate of drug-likeness (QED) is 0.774. The lowest BCUT2D eigenvalue weighted by Gasteiger charge is -2.25. The molecule has 0 aliphatic carbocycles. The summed E-state index contributed by atoms with van der Waals surface area (Å²) in [5.41, 5.74) is 1.99. The molecule has 1 rings (SSSR count). The Morgan fingerprint density at radius 1 is 1.12 bits per heavy atom. The molecular weight excluding hydrogens is 198 g/mol. The highest BCUT2D eigenvalue weighted by Crippen LogP contribution is 2.13. The number of hydrogen-bond acceptors (Lipinski definition) is 2. The first kappa shape index (κ1) is 13.2. The SMILES string of the molecule is CCC(O)(CC)CNCc1ccc(C)cc1. The molecule has 0 aliphatic rings. The number of hydrogen-bond donors (Lipinski definition) is 2. The van der Waals surface area contributed by atoms with Crippen LogP contribution in [0.4, 0.5) is 0 Å². The van der Waals surface area contributed by atoms with Crippen molar-refractivity contribution in [3.63, 3.8) is 0 Å². The second-order valence-corrected chi connectivity index (χ2v) is 4.52. The molecule has 0 fully saturated rings. The highest BCUT2D eigenvalue weighted by Gasteiger charge is 2.20. The smallest absolute Gasteiger partial charge is 0.0766 e. The molecule has 2 heteroatoms. The van der Waals surface area contributed by atoms with Gasteiger partial charge in [0.15, 0.2) is 0 Å². The van der Waals surface area contributed by atoms with Crippen LogP contribution < -0.4 is 5.32 Å². The van der Waals surface area contributed by atoms with Gasteiger partial charge in [-0.3, -0.25) is 0 Å². The summed E-state index contributed by atoms with van der Waals surface area (Å²) in [5.74, 6) is 0. The van der Waals surface area contributed by atoms with Gasteiger partial charge in [0, 0.05) is 13.1 Å². The van der Waals surface area contributed by atoms with Crippen LogP contribution in [0.5, 0.6) is 0 Å². The molecular formula is C14H23NO. The molecule has 2 nitrogen and oxygen atoms in total. The third-order valence-corrected chi connectivity index (χ3v) is 3.22. The first-order chi connectivity index (χ1) is 7.59. The van der Waals surface area contributed by atoms with E-state index < -0.39 is 5.60 Å². The zero-order valence-electron chi connectivity index (χ0n) is 10.6. The largest absolute Gasteiger partial charge is 0.389 e. The molecule has 0 saturated heterocycles. The van der Waals surface area contributed by atoms with Crippen molar-refractivity contribution in [3.05, 3.63) is 35.4 Å². The minimum atomic E-state index is -0.551. The van der Waals surface area contributed by atoms with Crippen LogP contribution in [0.3, 0.4) is 0 Å². The Bertz CT molecular complexity index is 301. The summed E-state index contributed by atoms with van der Waals surface area (Å²) in [5, 5.41) is 13.4. The van der Waals surface area contributed by atoms with Gasteiger partial charge in [0.05, 0.1) is 5.60 Å². The van der Waals surface area contributed by atoms with E-state index in [2.05, 4.69) is 36.5 Å². The van der Waals surface area contributed by atoms with Gasteiger partial charge in [0.2, 0.25) is 0 Å². The third kappa shape index (κ3) is 3.95. The Morgan fingerprint density at radius 2 is 1.69 bits per heavy atom. The number of aliphatic hydroxyl groups is 1. The highest BCUT2D eigenvalue weighted by molar-refractivity contribution is 5.21. The molecule has 1 aromatic carbocycles. The topological polar surface area (TPSA) is 32.3 Å². The lowest BCUT2D eigenvalue weighted by molar-refractivity contribution is 0.0323. The summed E-state index contributed by atoms with van der Waals surface area (Å²) < 4.78 is 0. The Hall–Kier alpha value is -0.860. The van der Waals surface area contributed by atoms with E-state index in [1.807, 2.05) is 13.8 Å². The zero-order chi connectivity index (χ0) is 12.0. The average Bonchev–Trinajstić information content (AvgIpc) is 2.31. The maximum atomic E-state index is 10.1. The Morgan fingerprint density at radius 3 is 2.19 bits per heavy atom. The van der Waals surface area contributed by atoms with E-state index >= 15 is 0 Å². The van der Waals surface area contributed by atoms with Crippen molar-refractivity contribution in [2.24, 2.45) is 0 Å². The van der Waals surface area contributed by atoms with E-state index in [9.17, 15) is 5.11 Å². The van der Waals surface area contributed by atoms with Gasteiger partial charge in [0.1, 0.15) is 0 Å². The van der Waals surface area contributed by atoms with Crippen LogP contribution in [0, 0.1) is 6.92 Å². The monoisotopic (exact) mass is 221 g/mol. The molecule has 0 atom stereocenters. The van der Waals surface area contributed by atoms with Crippen molar-refractivity contribution in [2.45, 2.75) is 45.8 Å². The molecule has 90 valence electrons. The summed E-state index contributed by atoms with van der Waals surface area (Å²) in [4.78, 5) is 0. The fourth-order valence-corrected chi connectivity index (χ4v) is 1.65. The standard InChI is InChI=1S/C14H23NO/c1-4-14(16,5-2)11-15-10-13-8-6-12(3)7-9-13/h6-9,15-16H,4-5,10-11H2,1-3H3. The van der Waals surface area contributed by atoms with Crippen LogP contribution in [0.25, 0.3) is 0 Å². The van der Waals surface area contributed by atoms with E-state index in [4.69, 9.17) is 0 Å². The second kappa shape index (κ2) is 6.02. The summed E-state index contributed by atoms with van der Waals surface area (Å²) in [6, 6.07) is 8.48. The predicted molar refractivity (Wildman–Crippen MR) is 68.4 cm³/mol. The molecule has 0 radical (unpaired) electrons. The fourth-order valence-electron chi connectivity index (χ4n) is 1.65. The molecule has 16 heavy (non-hydrogen) atoms. The maximum Gasteiger partial charge on any atom is 0.0766 e. The Kier molecular flexibility index (Phi) is 4.97. The van der Waals surface area contributed by atoms with E-state index in [1.54, 1.807) is 0 Å². The minimum Gasteiger partial charge on any atom is -0.389 e. The van der Waals surface area contributed by atoms with Crippen LogP contribution in [0.1, 0.15) is 37.8 Å². The van der Waals surface area contributed by atoms with Crippen LogP contribution in [0.15, 0.2) is 24.3 Å². The van der Waals surface area contributed by atoms with Crippen molar-refractivity contribution in [1.29, 1.82) is 0 Å². The summed E-state index contributed by atoms with van der Waals surface area (Å²) in [6.45, 7) is 7.62. The molecule has 0 saturated carbocycles. The highest BCUT2D eigenvalue weighted by atomic mass is 16.3. The van der Waals surface area contributed by atoms with Crippen molar-refractivity contribution < 1.29 is 5.11 Å². The van der Waals surface area contributed by atoms with Gasteiger partial charge in [-0.2, -0.15) is 0 Å². The van der Waals surface area contributed by atoms with Crippen LogP contribution in [0.2, 0.25) is 0 Å². The normalized spacial score (nSPS) is 11.8. The molecule has 0 bridgehead atoms. The van der Waals surface area contributed by atoms with Crippen molar-refractivity contribution in [2.75, 3.05) is 6.54 Å². The van der Waals surface area contributed by atoms with Gasteiger partial charge in [-0.05, 0) is 25.3 Å². The molecule has 0 amide bonds. The zero-order valence-corrected chi connectivity index (χ0v) is 10.6. The fraction of sp³-hybridized carbons (Fsp3) is 0.571. The summed E-state index contributed by atoms with van der Waals surface area (Å²) in [6.07, 6.45) is 1.59. The minimum absolute atomic E-state index is 0.551. The number of nitrogens with one attached hydrogen (secondary N) is 1. The number of rotatable bonds is 6. The average molecular weight is 221 g/mol.